The van der Waals surface area contributed by atoms with Crippen molar-refractivity contribution >= 4 is 5.91 Å². The zero-order valence-electron chi connectivity index (χ0n) is 7.92. The number of halogens is 1. The van der Waals surface area contributed by atoms with Crippen LogP contribution < -0.4 is 10.5 Å². The maximum atomic E-state index is 13.3. The van der Waals surface area contributed by atoms with Crippen LogP contribution in [-0.4, -0.2) is 12.5 Å². The average Bonchev–Trinajstić information content (AvgIpc) is 2.12. The van der Waals surface area contributed by atoms with Gasteiger partial charge in [-0.05, 0) is 18.6 Å². The summed E-state index contributed by atoms with van der Waals surface area (Å²) < 4.78 is 18.3. The summed E-state index contributed by atoms with van der Waals surface area (Å²) in [6, 6.07) is 4.86. The number of nitrogens with two attached hydrogens (primary N) is 1. The van der Waals surface area contributed by atoms with Crippen molar-refractivity contribution in [1.82, 2.24) is 0 Å². The Hall–Kier alpha value is -1.58. The summed E-state index contributed by atoms with van der Waals surface area (Å²) in [4.78, 5) is 10.4. The molecule has 0 radical (unpaired) electrons. The summed E-state index contributed by atoms with van der Waals surface area (Å²) in [5.74, 6) is -0.693. The highest BCUT2D eigenvalue weighted by molar-refractivity contribution is 5.73. The van der Waals surface area contributed by atoms with Gasteiger partial charge in [0.05, 0.1) is 13.0 Å². The molecule has 0 saturated heterocycles. The van der Waals surface area contributed by atoms with Gasteiger partial charge in [-0.3, -0.25) is 4.79 Å². The molecule has 14 heavy (non-hydrogen) atoms. The Morgan fingerprint density at radius 2 is 2.29 bits per heavy atom. The zero-order chi connectivity index (χ0) is 10.6. The summed E-state index contributed by atoms with van der Waals surface area (Å²) in [7, 11) is 0. The fourth-order valence-corrected chi connectivity index (χ4v) is 0.994. The van der Waals surface area contributed by atoms with Gasteiger partial charge in [0.2, 0.25) is 5.91 Å². The van der Waals surface area contributed by atoms with E-state index in [1.807, 2.05) is 0 Å². The lowest BCUT2D eigenvalue weighted by atomic mass is 10.2. The highest BCUT2D eigenvalue weighted by atomic mass is 19.1. The van der Waals surface area contributed by atoms with E-state index in [1.54, 1.807) is 19.1 Å². The van der Waals surface area contributed by atoms with Gasteiger partial charge in [-0.1, -0.05) is 12.1 Å². The zero-order valence-corrected chi connectivity index (χ0v) is 7.92. The second-order valence-corrected chi connectivity index (χ2v) is 2.95. The molecule has 0 aromatic heterocycles. The number of rotatable bonds is 4. The molecule has 1 aromatic rings. The largest absolute Gasteiger partial charge is 0.490 e. The molecular weight excluding hydrogens is 185 g/mol. The SMILES string of the molecule is Cc1cccc(OCCC(N)=O)c1F. The summed E-state index contributed by atoms with van der Waals surface area (Å²) in [6.07, 6.45) is 0.0907. The van der Waals surface area contributed by atoms with Crippen molar-refractivity contribution in [2.75, 3.05) is 6.61 Å². The number of benzene rings is 1. The summed E-state index contributed by atoms with van der Waals surface area (Å²) in [6.45, 7) is 1.76. The van der Waals surface area contributed by atoms with E-state index in [9.17, 15) is 9.18 Å². The standard InChI is InChI=1S/C10H12FNO2/c1-7-3-2-4-8(10(7)11)14-6-5-9(12)13/h2-4H,5-6H2,1H3,(H2,12,13). The highest BCUT2D eigenvalue weighted by Crippen LogP contribution is 2.19. The predicted molar refractivity (Wildman–Crippen MR) is 50.4 cm³/mol. The van der Waals surface area contributed by atoms with E-state index in [4.69, 9.17) is 10.5 Å². The van der Waals surface area contributed by atoms with Gasteiger partial charge in [-0.25, -0.2) is 4.39 Å². The number of carbonyl (C=O) groups is 1. The van der Waals surface area contributed by atoms with E-state index >= 15 is 0 Å². The van der Waals surface area contributed by atoms with Crippen LogP contribution >= 0.6 is 0 Å². The minimum atomic E-state index is -0.460. The van der Waals surface area contributed by atoms with Crippen LogP contribution in [0.25, 0.3) is 0 Å². The van der Waals surface area contributed by atoms with E-state index < -0.39 is 11.7 Å². The normalized spacial score (nSPS) is 9.86. The van der Waals surface area contributed by atoms with E-state index in [0.717, 1.165) is 0 Å². The van der Waals surface area contributed by atoms with Gasteiger partial charge >= 0.3 is 0 Å². The minimum Gasteiger partial charge on any atom is -0.490 e. The van der Waals surface area contributed by atoms with Crippen LogP contribution in [0.2, 0.25) is 0 Å². The Balaban J connectivity index is 2.59. The van der Waals surface area contributed by atoms with Crippen LogP contribution in [0.4, 0.5) is 4.39 Å². The van der Waals surface area contributed by atoms with Crippen LogP contribution in [-0.2, 0) is 4.79 Å². The molecule has 0 aliphatic carbocycles. The molecule has 0 saturated carbocycles. The van der Waals surface area contributed by atoms with Crippen molar-refractivity contribution in [3.05, 3.63) is 29.6 Å². The number of primary amides is 1. The molecule has 2 N–H and O–H groups in total. The molecule has 0 atom stereocenters. The summed E-state index contributed by atoms with van der Waals surface area (Å²) in [5, 5.41) is 0. The third-order valence-electron chi connectivity index (χ3n) is 1.76. The van der Waals surface area contributed by atoms with Crippen LogP contribution in [0.3, 0.4) is 0 Å². The van der Waals surface area contributed by atoms with Crippen molar-refractivity contribution in [2.24, 2.45) is 5.73 Å². The third-order valence-corrected chi connectivity index (χ3v) is 1.76. The number of amides is 1. The van der Waals surface area contributed by atoms with E-state index in [0.29, 0.717) is 5.56 Å². The van der Waals surface area contributed by atoms with Gasteiger partial charge in [0.1, 0.15) is 0 Å². The summed E-state index contributed by atoms with van der Waals surface area (Å²) in [5.41, 5.74) is 5.43. The molecular formula is C10H12FNO2. The fraction of sp³-hybridized carbons (Fsp3) is 0.300. The molecule has 3 nitrogen and oxygen atoms in total. The first-order valence-electron chi connectivity index (χ1n) is 4.27. The Bertz CT molecular complexity index is 339. The fourth-order valence-electron chi connectivity index (χ4n) is 0.994. The molecule has 0 bridgehead atoms. The Labute approximate surface area is 81.7 Å². The lowest BCUT2D eigenvalue weighted by Crippen LogP contribution is -2.14. The smallest absolute Gasteiger partial charge is 0.220 e. The first-order valence-corrected chi connectivity index (χ1v) is 4.27. The molecule has 0 heterocycles. The van der Waals surface area contributed by atoms with Crippen LogP contribution in [0.5, 0.6) is 5.75 Å². The maximum Gasteiger partial charge on any atom is 0.220 e. The monoisotopic (exact) mass is 197 g/mol. The predicted octanol–water partition coefficient (Wildman–Crippen LogP) is 1.39. The van der Waals surface area contributed by atoms with Crippen LogP contribution in [0.15, 0.2) is 18.2 Å². The van der Waals surface area contributed by atoms with Gasteiger partial charge < -0.3 is 10.5 Å². The molecule has 1 rings (SSSR count). The lowest BCUT2D eigenvalue weighted by molar-refractivity contribution is -0.118. The first-order chi connectivity index (χ1) is 6.61. The first kappa shape index (κ1) is 10.5. The van der Waals surface area contributed by atoms with E-state index in [2.05, 4.69) is 0 Å². The molecule has 0 aliphatic rings. The molecule has 0 aliphatic heterocycles. The van der Waals surface area contributed by atoms with Crippen molar-refractivity contribution in [2.45, 2.75) is 13.3 Å². The second kappa shape index (κ2) is 4.60. The number of hydrogen-bond acceptors (Lipinski definition) is 2. The molecule has 1 aromatic carbocycles. The third kappa shape index (κ3) is 2.73. The van der Waals surface area contributed by atoms with Crippen molar-refractivity contribution in [1.29, 1.82) is 0 Å². The highest BCUT2D eigenvalue weighted by Gasteiger charge is 2.05. The van der Waals surface area contributed by atoms with Gasteiger partial charge in [0, 0.05) is 0 Å². The number of carbonyl (C=O) groups excluding carboxylic acids is 1. The molecule has 76 valence electrons. The average molecular weight is 197 g/mol. The number of aryl methyl sites for hydroxylation is 1. The van der Waals surface area contributed by atoms with Crippen molar-refractivity contribution in [3.63, 3.8) is 0 Å². The van der Waals surface area contributed by atoms with Crippen LogP contribution in [0, 0.1) is 12.7 Å². The minimum absolute atomic E-state index is 0.0907. The number of ether oxygens (including phenoxy) is 1. The van der Waals surface area contributed by atoms with Crippen LogP contribution in [0.1, 0.15) is 12.0 Å². The molecule has 1 amide bonds. The van der Waals surface area contributed by atoms with Crippen molar-refractivity contribution in [3.8, 4) is 5.75 Å². The topological polar surface area (TPSA) is 52.3 Å². The summed E-state index contributed by atoms with van der Waals surface area (Å²) >= 11 is 0. The Kier molecular flexibility index (Phi) is 3.45. The molecule has 4 heteroatoms. The number of hydrogen-bond donors (Lipinski definition) is 1. The quantitative estimate of drug-likeness (QED) is 0.792. The molecule has 0 spiro atoms. The molecule has 0 fully saturated rings. The van der Waals surface area contributed by atoms with Crippen molar-refractivity contribution < 1.29 is 13.9 Å². The van der Waals surface area contributed by atoms with Gasteiger partial charge in [0.25, 0.3) is 0 Å². The lowest BCUT2D eigenvalue weighted by Gasteiger charge is -2.06. The van der Waals surface area contributed by atoms with Gasteiger partial charge in [-0.15, -0.1) is 0 Å². The van der Waals surface area contributed by atoms with E-state index in [-0.39, 0.29) is 18.8 Å². The Morgan fingerprint density at radius 1 is 1.57 bits per heavy atom. The Morgan fingerprint density at radius 3 is 2.93 bits per heavy atom. The molecule has 0 unspecified atom stereocenters. The van der Waals surface area contributed by atoms with E-state index in [1.165, 1.54) is 6.07 Å². The van der Waals surface area contributed by atoms with Gasteiger partial charge in [-0.2, -0.15) is 0 Å². The maximum absolute atomic E-state index is 13.3. The second-order valence-electron chi connectivity index (χ2n) is 2.95. The van der Waals surface area contributed by atoms with Gasteiger partial charge in [0.15, 0.2) is 11.6 Å².